The van der Waals surface area contributed by atoms with E-state index in [2.05, 4.69) is 18.8 Å². The van der Waals surface area contributed by atoms with Crippen molar-refractivity contribution in [1.82, 2.24) is 4.98 Å². The molecule has 1 fully saturated rings. The summed E-state index contributed by atoms with van der Waals surface area (Å²) in [4.78, 5) is 17.0. The fourth-order valence-corrected chi connectivity index (χ4v) is 2.96. The lowest BCUT2D eigenvalue weighted by Gasteiger charge is -1.98. The summed E-state index contributed by atoms with van der Waals surface area (Å²) in [5.41, 5.74) is 1.09. The zero-order valence-electron chi connectivity index (χ0n) is 9.54. The maximum atomic E-state index is 11.5. The van der Waals surface area contributed by atoms with E-state index in [1.165, 1.54) is 12.8 Å². The molecule has 1 aromatic rings. The second kappa shape index (κ2) is 4.05. The van der Waals surface area contributed by atoms with E-state index >= 15 is 0 Å². The van der Waals surface area contributed by atoms with Gasteiger partial charge in [-0.1, -0.05) is 13.8 Å². The zero-order valence-corrected chi connectivity index (χ0v) is 10.4. The SMILES string of the molecule is CC(=O)c1sc(CC(C)C)nc1C1CC1. The van der Waals surface area contributed by atoms with E-state index in [0.29, 0.717) is 11.8 Å². The maximum Gasteiger partial charge on any atom is 0.171 e. The molecule has 1 aromatic heterocycles. The Kier molecular flexibility index (Phi) is 2.91. The quantitative estimate of drug-likeness (QED) is 0.732. The molecule has 0 bridgehead atoms. The first-order chi connectivity index (χ1) is 7.08. The molecule has 0 N–H and O–H groups in total. The largest absolute Gasteiger partial charge is 0.294 e. The molecule has 1 aliphatic carbocycles. The van der Waals surface area contributed by atoms with Gasteiger partial charge in [0.2, 0.25) is 0 Å². The van der Waals surface area contributed by atoms with Gasteiger partial charge in [0.15, 0.2) is 5.78 Å². The fourth-order valence-electron chi connectivity index (χ4n) is 1.70. The standard InChI is InChI=1S/C12H17NOS/c1-7(2)6-10-13-11(9-4-5-9)12(15-10)8(3)14/h7,9H,4-6H2,1-3H3. The van der Waals surface area contributed by atoms with E-state index in [1.54, 1.807) is 18.3 Å². The topological polar surface area (TPSA) is 30.0 Å². The molecule has 0 aliphatic heterocycles. The van der Waals surface area contributed by atoms with Gasteiger partial charge < -0.3 is 0 Å². The summed E-state index contributed by atoms with van der Waals surface area (Å²) in [7, 11) is 0. The molecule has 2 nitrogen and oxygen atoms in total. The predicted octanol–water partition coefficient (Wildman–Crippen LogP) is 3.42. The monoisotopic (exact) mass is 223 g/mol. The molecule has 0 amide bonds. The second-order valence-corrected chi connectivity index (χ2v) is 5.83. The Hall–Kier alpha value is -0.700. The Bertz CT molecular complexity index is 377. The number of Topliss-reactive ketones (excluding diaryl/α,β-unsaturated/α-hetero) is 1. The van der Waals surface area contributed by atoms with Crippen LogP contribution in [0.3, 0.4) is 0 Å². The summed E-state index contributed by atoms with van der Waals surface area (Å²) in [6, 6.07) is 0. The van der Waals surface area contributed by atoms with Crippen LogP contribution in [0.1, 0.15) is 59.9 Å². The van der Waals surface area contributed by atoms with Crippen molar-refractivity contribution in [2.75, 3.05) is 0 Å². The van der Waals surface area contributed by atoms with Crippen molar-refractivity contribution in [2.45, 2.75) is 46.0 Å². The van der Waals surface area contributed by atoms with Gasteiger partial charge in [0.1, 0.15) is 0 Å². The van der Waals surface area contributed by atoms with Crippen molar-refractivity contribution in [3.05, 3.63) is 15.6 Å². The molecule has 0 spiro atoms. The molecule has 2 rings (SSSR count). The van der Waals surface area contributed by atoms with Crippen LogP contribution in [0.2, 0.25) is 0 Å². The van der Waals surface area contributed by atoms with Crippen LogP contribution in [0, 0.1) is 5.92 Å². The normalized spacial score (nSPS) is 16.0. The average Bonchev–Trinajstić information content (AvgIpc) is 2.87. The van der Waals surface area contributed by atoms with Crippen LogP contribution in [0.5, 0.6) is 0 Å². The molecular weight excluding hydrogens is 206 g/mol. The van der Waals surface area contributed by atoms with Gasteiger partial charge in [-0.25, -0.2) is 4.98 Å². The van der Waals surface area contributed by atoms with Crippen LogP contribution in [-0.2, 0) is 6.42 Å². The van der Waals surface area contributed by atoms with Crippen LogP contribution in [0.4, 0.5) is 0 Å². The first-order valence-corrected chi connectivity index (χ1v) is 6.40. The van der Waals surface area contributed by atoms with Crippen molar-refractivity contribution in [3.8, 4) is 0 Å². The van der Waals surface area contributed by atoms with Gasteiger partial charge in [0, 0.05) is 19.3 Å². The fraction of sp³-hybridized carbons (Fsp3) is 0.667. The highest BCUT2D eigenvalue weighted by atomic mass is 32.1. The van der Waals surface area contributed by atoms with Crippen LogP contribution >= 0.6 is 11.3 Å². The molecule has 0 radical (unpaired) electrons. The number of carbonyl (C=O) groups excluding carboxylic acids is 1. The Morgan fingerprint density at radius 1 is 1.53 bits per heavy atom. The molecule has 15 heavy (non-hydrogen) atoms. The van der Waals surface area contributed by atoms with Gasteiger partial charge in [0.05, 0.1) is 15.6 Å². The molecule has 82 valence electrons. The number of carbonyl (C=O) groups is 1. The number of hydrogen-bond acceptors (Lipinski definition) is 3. The lowest BCUT2D eigenvalue weighted by molar-refractivity contribution is 0.102. The minimum atomic E-state index is 0.185. The first kappa shape index (κ1) is 10.8. The van der Waals surface area contributed by atoms with E-state index in [1.807, 2.05) is 0 Å². The lowest BCUT2D eigenvalue weighted by Crippen LogP contribution is -1.94. The van der Waals surface area contributed by atoms with E-state index < -0.39 is 0 Å². The molecule has 0 saturated heterocycles. The molecule has 0 unspecified atom stereocenters. The van der Waals surface area contributed by atoms with Crippen LogP contribution < -0.4 is 0 Å². The van der Waals surface area contributed by atoms with Crippen molar-refractivity contribution in [2.24, 2.45) is 5.92 Å². The third-order valence-electron chi connectivity index (χ3n) is 2.56. The Morgan fingerprint density at radius 2 is 2.20 bits per heavy atom. The van der Waals surface area contributed by atoms with Crippen molar-refractivity contribution >= 4 is 17.1 Å². The summed E-state index contributed by atoms with van der Waals surface area (Å²) in [5.74, 6) is 1.38. The number of ketones is 1. The summed E-state index contributed by atoms with van der Waals surface area (Å²) >= 11 is 1.60. The molecule has 0 aromatic carbocycles. The van der Waals surface area contributed by atoms with Crippen LogP contribution in [0.25, 0.3) is 0 Å². The van der Waals surface area contributed by atoms with Gasteiger partial charge in [-0.2, -0.15) is 0 Å². The number of nitrogens with zero attached hydrogens (tertiary/aromatic N) is 1. The molecule has 1 aliphatic rings. The molecule has 1 heterocycles. The van der Waals surface area contributed by atoms with Crippen molar-refractivity contribution in [3.63, 3.8) is 0 Å². The molecule has 0 atom stereocenters. The summed E-state index contributed by atoms with van der Waals surface area (Å²) in [6.07, 6.45) is 3.42. The van der Waals surface area contributed by atoms with Gasteiger partial charge in [0.25, 0.3) is 0 Å². The Balaban J connectivity index is 2.27. The van der Waals surface area contributed by atoms with Crippen molar-refractivity contribution < 1.29 is 4.79 Å². The van der Waals surface area contributed by atoms with Crippen LogP contribution in [0.15, 0.2) is 0 Å². The summed E-state index contributed by atoms with van der Waals surface area (Å²) in [5, 5.41) is 1.14. The van der Waals surface area contributed by atoms with Crippen molar-refractivity contribution in [1.29, 1.82) is 0 Å². The third-order valence-corrected chi connectivity index (χ3v) is 3.76. The number of aromatic nitrogens is 1. The number of thiazole rings is 1. The highest BCUT2D eigenvalue weighted by molar-refractivity contribution is 7.13. The molecular formula is C12H17NOS. The minimum absolute atomic E-state index is 0.185. The van der Waals surface area contributed by atoms with E-state index in [0.717, 1.165) is 22.0 Å². The van der Waals surface area contributed by atoms with E-state index in [-0.39, 0.29) is 5.78 Å². The Morgan fingerprint density at radius 3 is 2.67 bits per heavy atom. The number of hydrogen-bond donors (Lipinski definition) is 0. The lowest BCUT2D eigenvalue weighted by atomic mass is 10.1. The minimum Gasteiger partial charge on any atom is -0.294 e. The maximum absolute atomic E-state index is 11.5. The zero-order chi connectivity index (χ0) is 11.0. The first-order valence-electron chi connectivity index (χ1n) is 5.58. The third kappa shape index (κ3) is 2.46. The van der Waals surface area contributed by atoms with E-state index in [4.69, 9.17) is 0 Å². The van der Waals surface area contributed by atoms with Gasteiger partial charge >= 0.3 is 0 Å². The molecule has 3 heteroatoms. The van der Waals surface area contributed by atoms with Gasteiger partial charge in [-0.05, 0) is 18.8 Å². The van der Waals surface area contributed by atoms with Gasteiger partial charge in [-0.15, -0.1) is 11.3 Å². The molecule has 1 saturated carbocycles. The summed E-state index contributed by atoms with van der Waals surface area (Å²) < 4.78 is 0. The predicted molar refractivity (Wildman–Crippen MR) is 62.6 cm³/mol. The highest BCUT2D eigenvalue weighted by Gasteiger charge is 2.30. The highest BCUT2D eigenvalue weighted by Crippen LogP contribution is 2.42. The Labute approximate surface area is 94.7 Å². The second-order valence-electron chi connectivity index (χ2n) is 4.75. The smallest absolute Gasteiger partial charge is 0.171 e. The van der Waals surface area contributed by atoms with E-state index in [9.17, 15) is 4.79 Å². The number of rotatable bonds is 4. The summed E-state index contributed by atoms with van der Waals surface area (Å²) in [6.45, 7) is 6.02. The van der Waals surface area contributed by atoms with Gasteiger partial charge in [-0.3, -0.25) is 4.79 Å². The average molecular weight is 223 g/mol. The van der Waals surface area contributed by atoms with Crippen LogP contribution in [-0.4, -0.2) is 10.8 Å².